The molecule has 1 aromatic heterocycles. The van der Waals surface area contributed by atoms with Crippen LogP contribution in [0.25, 0.3) is 10.2 Å². The molecule has 1 aliphatic rings. The number of carbonyl (C=O) groups excluding carboxylic acids is 2. The maximum Gasteiger partial charge on any atom is 0.329 e. The fourth-order valence-corrected chi connectivity index (χ4v) is 5.90. The lowest BCUT2D eigenvalue weighted by Crippen LogP contribution is -2.37. The highest BCUT2D eigenvalue weighted by atomic mass is 32.1. The molecule has 2 heterocycles. The summed E-state index contributed by atoms with van der Waals surface area (Å²) in [5.41, 5.74) is 2.05. The number of aromatic nitrogens is 1. The van der Waals surface area contributed by atoms with Crippen molar-refractivity contribution in [1.29, 1.82) is 0 Å². The number of urea groups is 1. The van der Waals surface area contributed by atoms with Gasteiger partial charge in [0.2, 0.25) is 6.23 Å². The number of fused-ring (bicyclic) bond motifs is 1. The molecule has 0 saturated carbocycles. The first-order valence-corrected chi connectivity index (χ1v) is 15.3. The summed E-state index contributed by atoms with van der Waals surface area (Å²) >= 11 is 1.48. The molecule has 2 aromatic rings. The second-order valence-corrected chi connectivity index (χ2v) is 11.1. The first-order chi connectivity index (χ1) is 18.6. The Balaban J connectivity index is 1.62. The van der Waals surface area contributed by atoms with Crippen molar-refractivity contribution in [2.24, 2.45) is 0 Å². The predicted molar refractivity (Wildman–Crippen MR) is 159 cm³/mol. The minimum Gasteiger partial charge on any atom is -0.439 e. The summed E-state index contributed by atoms with van der Waals surface area (Å²) in [7, 11) is 0. The van der Waals surface area contributed by atoms with Crippen LogP contribution in [0, 0.1) is 0 Å². The van der Waals surface area contributed by atoms with Crippen LogP contribution in [0.1, 0.15) is 96.5 Å². The van der Waals surface area contributed by atoms with Crippen LogP contribution >= 0.6 is 11.3 Å². The molecule has 0 bridgehead atoms. The van der Waals surface area contributed by atoms with E-state index in [1.165, 1.54) is 49.9 Å². The molecule has 7 heteroatoms. The smallest absolute Gasteiger partial charge is 0.329 e. The molecular formula is C31H45N3O3S. The van der Waals surface area contributed by atoms with Gasteiger partial charge >= 0.3 is 12.0 Å². The number of benzene rings is 1. The summed E-state index contributed by atoms with van der Waals surface area (Å²) in [6.45, 7) is 8.99. The van der Waals surface area contributed by atoms with Crippen LogP contribution in [-0.2, 0) is 16.0 Å². The van der Waals surface area contributed by atoms with E-state index in [2.05, 4.69) is 19.6 Å². The van der Waals surface area contributed by atoms with Gasteiger partial charge in [0.25, 0.3) is 0 Å². The molecule has 1 unspecified atom stereocenters. The lowest BCUT2D eigenvalue weighted by molar-refractivity contribution is -0.148. The maximum atomic E-state index is 13.4. The molecule has 1 aromatic carbocycles. The van der Waals surface area contributed by atoms with Gasteiger partial charge < -0.3 is 9.64 Å². The van der Waals surface area contributed by atoms with Crippen molar-refractivity contribution in [2.75, 3.05) is 18.0 Å². The molecule has 2 amide bonds. The van der Waals surface area contributed by atoms with Crippen molar-refractivity contribution in [3.05, 3.63) is 48.6 Å². The minimum atomic E-state index is -0.656. The van der Waals surface area contributed by atoms with E-state index in [1.54, 1.807) is 9.80 Å². The number of allylic oxidation sites excluding steroid dienone is 2. The summed E-state index contributed by atoms with van der Waals surface area (Å²) in [5.74, 6) is -0.237. The highest BCUT2D eigenvalue weighted by Crippen LogP contribution is 2.35. The highest BCUT2D eigenvalue weighted by molar-refractivity contribution is 7.22. The summed E-state index contributed by atoms with van der Waals surface area (Å²) in [6, 6.07) is 5.99. The number of nitrogens with zero attached hydrogens (tertiary/aromatic N) is 3. The van der Waals surface area contributed by atoms with E-state index in [4.69, 9.17) is 9.72 Å². The second-order valence-electron chi connectivity index (χ2n) is 10.1. The normalized spacial score (nSPS) is 15.7. The number of rotatable bonds is 18. The van der Waals surface area contributed by atoms with Crippen LogP contribution < -0.4 is 4.90 Å². The Morgan fingerprint density at radius 1 is 1.13 bits per heavy atom. The van der Waals surface area contributed by atoms with Crippen molar-refractivity contribution < 1.29 is 14.3 Å². The van der Waals surface area contributed by atoms with E-state index in [0.29, 0.717) is 24.6 Å². The Bertz CT molecular complexity index is 1060. The van der Waals surface area contributed by atoms with E-state index in [0.717, 1.165) is 54.3 Å². The van der Waals surface area contributed by atoms with Crippen molar-refractivity contribution in [2.45, 2.75) is 104 Å². The number of carbonyl (C=O) groups is 2. The van der Waals surface area contributed by atoms with Crippen molar-refractivity contribution in [3.63, 3.8) is 0 Å². The summed E-state index contributed by atoms with van der Waals surface area (Å²) in [4.78, 5) is 34.4. The van der Waals surface area contributed by atoms with E-state index in [9.17, 15) is 9.59 Å². The number of esters is 1. The first kappa shape index (κ1) is 29.9. The summed E-state index contributed by atoms with van der Waals surface area (Å²) in [6.07, 6.45) is 18.9. The van der Waals surface area contributed by atoms with Crippen LogP contribution in [-0.4, -0.2) is 41.2 Å². The van der Waals surface area contributed by atoms with Gasteiger partial charge in [-0.05, 0) is 44.2 Å². The van der Waals surface area contributed by atoms with Gasteiger partial charge in [0.05, 0.1) is 16.8 Å². The van der Waals surface area contributed by atoms with Gasteiger partial charge in [-0.3, -0.25) is 4.79 Å². The van der Waals surface area contributed by atoms with Gasteiger partial charge in [-0.25, -0.2) is 14.7 Å². The average Bonchev–Trinajstić information content (AvgIpc) is 3.47. The maximum absolute atomic E-state index is 13.4. The zero-order valence-electron chi connectivity index (χ0n) is 23.3. The number of ether oxygens (including phenoxy) is 1. The quantitative estimate of drug-likeness (QED) is 0.108. The van der Waals surface area contributed by atoms with Crippen LogP contribution in [0.2, 0.25) is 0 Å². The van der Waals surface area contributed by atoms with Crippen molar-refractivity contribution in [1.82, 2.24) is 9.88 Å². The zero-order valence-corrected chi connectivity index (χ0v) is 24.1. The number of para-hydroxylation sites is 1. The van der Waals surface area contributed by atoms with Gasteiger partial charge in [-0.2, -0.15) is 0 Å². The topological polar surface area (TPSA) is 62.7 Å². The minimum absolute atomic E-state index is 0.151. The standard InChI is InChI=1S/C31H45N3O3S/c1-4-7-10-11-12-13-14-15-16-22-28(35)37-27-24-33(23-17-8-5-2)31(36)34(27)30-32-29-25(19-9-6-3)20-18-21-26(29)38-30/h5-6,8,18,20-21,27H,3-4,7,9-17,19,22-24H2,1-2H3. The molecule has 1 atom stereocenters. The van der Waals surface area contributed by atoms with Crippen LogP contribution in [0.15, 0.2) is 43.0 Å². The number of thiazole rings is 1. The van der Waals surface area contributed by atoms with E-state index in [1.807, 2.05) is 37.3 Å². The van der Waals surface area contributed by atoms with Crippen LogP contribution in [0.5, 0.6) is 0 Å². The first-order valence-electron chi connectivity index (χ1n) is 14.5. The fraction of sp³-hybridized carbons (Fsp3) is 0.581. The molecule has 0 spiro atoms. The SMILES string of the molecule is C=CCCc1cccc2sc(N3C(=O)N(CCC=CC)CC3OC(=O)CCCCCCCCCCC)nc12. The van der Waals surface area contributed by atoms with Gasteiger partial charge in [0.1, 0.15) is 0 Å². The Labute approximate surface area is 232 Å². The zero-order chi connectivity index (χ0) is 27.2. The van der Waals surface area contributed by atoms with E-state index in [-0.39, 0.29) is 12.0 Å². The second kappa shape index (κ2) is 16.3. The Morgan fingerprint density at radius 3 is 2.58 bits per heavy atom. The Morgan fingerprint density at radius 2 is 1.87 bits per heavy atom. The predicted octanol–water partition coefficient (Wildman–Crippen LogP) is 8.41. The third-order valence-corrected chi connectivity index (χ3v) is 8.03. The van der Waals surface area contributed by atoms with Crippen LogP contribution in [0.3, 0.4) is 0 Å². The van der Waals surface area contributed by atoms with Crippen LogP contribution in [0.4, 0.5) is 9.93 Å². The van der Waals surface area contributed by atoms with Gasteiger partial charge in [-0.15, -0.1) is 6.58 Å². The molecule has 6 nitrogen and oxygen atoms in total. The van der Waals surface area contributed by atoms with Crippen molar-refractivity contribution in [3.8, 4) is 0 Å². The highest BCUT2D eigenvalue weighted by Gasteiger charge is 2.42. The fourth-order valence-electron chi connectivity index (χ4n) is 4.85. The average molecular weight is 540 g/mol. The van der Waals surface area contributed by atoms with E-state index < -0.39 is 6.23 Å². The molecule has 1 saturated heterocycles. The number of unbranched alkanes of at least 4 members (excludes halogenated alkanes) is 8. The number of aryl methyl sites for hydroxylation is 1. The lowest BCUT2D eigenvalue weighted by Gasteiger charge is -2.20. The van der Waals surface area contributed by atoms with Gasteiger partial charge in [0.15, 0.2) is 5.13 Å². The molecular weight excluding hydrogens is 494 g/mol. The third-order valence-electron chi connectivity index (χ3n) is 7.01. The largest absolute Gasteiger partial charge is 0.439 e. The molecule has 1 fully saturated rings. The Hall–Kier alpha value is -2.67. The number of amides is 2. The summed E-state index contributed by atoms with van der Waals surface area (Å²) < 4.78 is 6.94. The third kappa shape index (κ3) is 8.69. The molecule has 0 N–H and O–H groups in total. The van der Waals surface area contributed by atoms with Crippen molar-refractivity contribution >= 4 is 38.7 Å². The van der Waals surface area contributed by atoms with E-state index >= 15 is 0 Å². The Kier molecular flexibility index (Phi) is 12.8. The molecule has 1 aliphatic heterocycles. The summed E-state index contributed by atoms with van der Waals surface area (Å²) in [5, 5.41) is 0.588. The molecule has 38 heavy (non-hydrogen) atoms. The monoisotopic (exact) mass is 539 g/mol. The molecule has 0 aliphatic carbocycles. The lowest BCUT2D eigenvalue weighted by atomic mass is 10.1. The molecule has 208 valence electrons. The van der Waals surface area contributed by atoms with Gasteiger partial charge in [0, 0.05) is 13.0 Å². The number of hydrogen-bond acceptors (Lipinski definition) is 5. The van der Waals surface area contributed by atoms with Gasteiger partial charge in [-0.1, -0.05) is 100.0 Å². The number of anilines is 1. The molecule has 0 radical (unpaired) electrons. The number of hydrogen-bond donors (Lipinski definition) is 0. The molecule has 3 rings (SSSR count).